The summed E-state index contributed by atoms with van der Waals surface area (Å²) in [6.07, 6.45) is 4.96. The van der Waals surface area contributed by atoms with Crippen molar-refractivity contribution in [3.63, 3.8) is 0 Å². The van der Waals surface area contributed by atoms with Crippen molar-refractivity contribution in [2.75, 3.05) is 6.61 Å². The summed E-state index contributed by atoms with van der Waals surface area (Å²) in [5.41, 5.74) is 1.24. The first kappa shape index (κ1) is 14.8. The van der Waals surface area contributed by atoms with Crippen LogP contribution >= 0.6 is 11.6 Å². The maximum atomic E-state index is 6.05. The molecule has 22 heavy (non-hydrogen) atoms. The second-order valence-corrected chi connectivity index (χ2v) is 5.75. The standard InChI is InChI=1S/C16H17ClN4O/c1-11(2)12-3-4-15(14-8-19-16(17)7-13(12)14)22-6-5-21-10-18-9-20-21/h3-4,7-11H,5-6H2,1-2H3. The van der Waals surface area contributed by atoms with E-state index in [1.54, 1.807) is 17.2 Å². The zero-order valence-electron chi connectivity index (χ0n) is 12.5. The second kappa shape index (κ2) is 6.32. The molecule has 0 aliphatic heterocycles. The first-order chi connectivity index (χ1) is 10.6. The average molecular weight is 317 g/mol. The summed E-state index contributed by atoms with van der Waals surface area (Å²) in [7, 11) is 0. The molecule has 2 aromatic heterocycles. The molecule has 0 aliphatic rings. The minimum absolute atomic E-state index is 0.408. The third-order valence-electron chi connectivity index (χ3n) is 3.53. The predicted octanol–water partition coefficient (Wildman–Crippen LogP) is 3.68. The molecule has 0 saturated carbocycles. The van der Waals surface area contributed by atoms with Gasteiger partial charge in [0.25, 0.3) is 0 Å². The molecule has 0 saturated heterocycles. The van der Waals surface area contributed by atoms with E-state index in [0.29, 0.717) is 24.2 Å². The lowest BCUT2D eigenvalue weighted by molar-refractivity contribution is 0.294. The fourth-order valence-corrected chi connectivity index (χ4v) is 2.59. The van der Waals surface area contributed by atoms with E-state index in [1.165, 1.54) is 11.9 Å². The molecule has 0 spiro atoms. The SMILES string of the molecule is CC(C)c1ccc(OCCn2cncn2)c2cnc(Cl)cc12. The summed E-state index contributed by atoms with van der Waals surface area (Å²) in [5, 5.41) is 6.62. The first-order valence-corrected chi connectivity index (χ1v) is 7.56. The molecular weight excluding hydrogens is 300 g/mol. The maximum absolute atomic E-state index is 6.05. The number of aromatic nitrogens is 4. The Labute approximate surface area is 133 Å². The van der Waals surface area contributed by atoms with Crippen molar-refractivity contribution in [3.05, 3.63) is 47.8 Å². The third kappa shape index (κ3) is 3.04. The van der Waals surface area contributed by atoms with Crippen molar-refractivity contribution in [2.24, 2.45) is 0 Å². The fraction of sp³-hybridized carbons (Fsp3) is 0.312. The van der Waals surface area contributed by atoms with Crippen LogP contribution in [0.5, 0.6) is 5.75 Å². The topological polar surface area (TPSA) is 52.8 Å². The zero-order chi connectivity index (χ0) is 15.5. The van der Waals surface area contributed by atoms with Crippen LogP contribution in [0.3, 0.4) is 0 Å². The van der Waals surface area contributed by atoms with E-state index in [0.717, 1.165) is 16.5 Å². The van der Waals surface area contributed by atoms with E-state index in [1.807, 2.05) is 12.1 Å². The van der Waals surface area contributed by atoms with Gasteiger partial charge in [0.05, 0.1) is 6.54 Å². The van der Waals surface area contributed by atoms with Gasteiger partial charge in [0.2, 0.25) is 0 Å². The fourth-order valence-electron chi connectivity index (χ4n) is 2.44. The van der Waals surface area contributed by atoms with Crippen LogP contribution in [0.4, 0.5) is 0 Å². The highest BCUT2D eigenvalue weighted by Crippen LogP contribution is 2.33. The molecule has 5 nitrogen and oxygen atoms in total. The van der Waals surface area contributed by atoms with E-state index in [2.05, 4.69) is 35.0 Å². The Morgan fingerprint density at radius 2 is 2.14 bits per heavy atom. The minimum atomic E-state index is 0.408. The van der Waals surface area contributed by atoms with Gasteiger partial charge in [-0.2, -0.15) is 5.10 Å². The summed E-state index contributed by atoms with van der Waals surface area (Å²) >= 11 is 6.05. The number of hydrogen-bond donors (Lipinski definition) is 0. The molecular formula is C16H17ClN4O. The highest BCUT2D eigenvalue weighted by Gasteiger charge is 2.11. The van der Waals surface area contributed by atoms with E-state index in [9.17, 15) is 0 Å². The number of ether oxygens (including phenoxy) is 1. The van der Waals surface area contributed by atoms with E-state index < -0.39 is 0 Å². The van der Waals surface area contributed by atoms with Gasteiger partial charge in [-0.15, -0.1) is 0 Å². The molecule has 3 aromatic rings. The molecule has 2 heterocycles. The Kier molecular flexibility index (Phi) is 4.24. The van der Waals surface area contributed by atoms with E-state index in [-0.39, 0.29) is 0 Å². The van der Waals surface area contributed by atoms with Gasteiger partial charge in [-0.05, 0) is 29.0 Å². The van der Waals surface area contributed by atoms with Crippen LogP contribution in [0, 0.1) is 0 Å². The Bertz CT molecular complexity index is 771. The van der Waals surface area contributed by atoms with Gasteiger partial charge in [-0.3, -0.25) is 0 Å². The highest BCUT2D eigenvalue weighted by molar-refractivity contribution is 6.30. The van der Waals surface area contributed by atoms with Gasteiger partial charge >= 0.3 is 0 Å². The molecule has 0 radical (unpaired) electrons. The molecule has 0 fully saturated rings. The number of fused-ring (bicyclic) bond motifs is 1. The number of halogens is 1. The summed E-state index contributed by atoms with van der Waals surface area (Å²) in [6, 6.07) is 5.99. The quantitative estimate of drug-likeness (QED) is 0.674. The van der Waals surface area contributed by atoms with Crippen LogP contribution in [0.15, 0.2) is 37.1 Å². The number of rotatable bonds is 5. The molecule has 0 N–H and O–H groups in total. The van der Waals surface area contributed by atoms with Gasteiger partial charge in [0.15, 0.2) is 0 Å². The smallest absolute Gasteiger partial charge is 0.137 e. The lowest BCUT2D eigenvalue weighted by atomic mass is 9.97. The molecule has 0 amide bonds. The maximum Gasteiger partial charge on any atom is 0.137 e. The van der Waals surface area contributed by atoms with Crippen molar-refractivity contribution in [2.45, 2.75) is 26.3 Å². The van der Waals surface area contributed by atoms with Crippen LogP contribution in [0.25, 0.3) is 10.8 Å². The highest BCUT2D eigenvalue weighted by atomic mass is 35.5. The first-order valence-electron chi connectivity index (χ1n) is 7.18. The Morgan fingerprint density at radius 1 is 1.27 bits per heavy atom. The molecule has 0 unspecified atom stereocenters. The van der Waals surface area contributed by atoms with E-state index in [4.69, 9.17) is 16.3 Å². The molecule has 3 rings (SSSR count). The molecule has 0 bridgehead atoms. The van der Waals surface area contributed by atoms with Gasteiger partial charge in [-0.25, -0.2) is 14.6 Å². The van der Waals surface area contributed by atoms with Crippen LogP contribution in [0.2, 0.25) is 5.15 Å². The Balaban J connectivity index is 1.88. The second-order valence-electron chi connectivity index (χ2n) is 5.37. The van der Waals surface area contributed by atoms with Crippen molar-refractivity contribution < 1.29 is 4.74 Å². The number of hydrogen-bond acceptors (Lipinski definition) is 4. The summed E-state index contributed by atoms with van der Waals surface area (Å²) in [6.45, 7) is 5.49. The van der Waals surface area contributed by atoms with Crippen LogP contribution in [-0.2, 0) is 6.54 Å². The summed E-state index contributed by atoms with van der Waals surface area (Å²) in [4.78, 5) is 8.09. The van der Waals surface area contributed by atoms with Gasteiger partial charge in [-0.1, -0.05) is 31.5 Å². The molecule has 1 aromatic carbocycles. The van der Waals surface area contributed by atoms with Crippen molar-refractivity contribution in [1.29, 1.82) is 0 Å². The third-order valence-corrected chi connectivity index (χ3v) is 3.73. The summed E-state index contributed by atoms with van der Waals surface area (Å²) in [5.74, 6) is 1.22. The summed E-state index contributed by atoms with van der Waals surface area (Å²) < 4.78 is 7.63. The Morgan fingerprint density at radius 3 is 2.86 bits per heavy atom. The normalized spacial score (nSPS) is 11.3. The largest absolute Gasteiger partial charge is 0.491 e. The molecule has 0 aliphatic carbocycles. The zero-order valence-corrected chi connectivity index (χ0v) is 13.3. The molecule has 6 heteroatoms. The minimum Gasteiger partial charge on any atom is -0.491 e. The van der Waals surface area contributed by atoms with Crippen molar-refractivity contribution in [3.8, 4) is 5.75 Å². The van der Waals surface area contributed by atoms with Gasteiger partial charge in [0.1, 0.15) is 30.2 Å². The van der Waals surface area contributed by atoms with Crippen LogP contribution in [-0.4, -0.2) is 26.4 Å². The molecule has 0 atom stereocenters. The number of pyridine rings is 1. The number of benzene rings is 1. The average Bonchev–Trinajstić information content (AvgIpc) is 3.00. The number of nitrogens with zero attached hydrogens (tertiary/aromatic N) is 4. The van der Waals surface area contributed by atoms with Gasteiger partial charge < -0.3 is 4.74 Å². The van der Waals surface area contributed by atoms with Crippen LogP contribution < -0.4 is 4.74 Å². The van der Waals surface area contributed by atoms with Crippen molar-refractivity contribution in [1.82, 2.24) is 19.7 Å². The Hall–Kier alpha value is -2.14. The van der Waals surface area contributed by atoms with Crippen molar-refractivity contribution >= 4 is 22.4 Å². The molecule has 114 valence electrons. The van der Waals surface area contributed by atoms with Gasteiger partial charge in [0, 0.05) is 11.6 Å². The lowest BCUT2D eigenvalue weighted by Gasteiger charge is -2.14. The van der Waals surface area contributed by atoms with E-state index >= 15 is 0 Å². The van der Waals surface area contributed by atoms with Crippen LogP contribution in [0.1, 0.15) is 25.3 Å². The predicted molar refractivity (Wildman–Crippen MR) is 86.4 cm³/mol. The lowest BCUT2D eigenvalue weighted by Crippen LogP contribution is -2.09. The monoisotopic (exact) mass is 316 g/mol.